The number of aromatic nitrogens is 1. The van der Waals surface area contributed by atoms with Crippen LogP contribution in [-0.4, -0.2) is 23.0 Å². The quantitative estimate of drug-likeness (QED) is 0.854. The Morgan fingerprint density at radius 3 is 2.71 bits per heavy atom. The van der Waals surface area contributed by atoms with E-state index < -0.39 is 11.6 Å². The smallest absolute Gasteiger partial charge is 0.126 e. The average molecular weight is 308 g/mol. The van der Waals surface area contributed by atoms with E-state index in [4.69, 9.17) is 0 Å². The molecule has 2 nitrogen and oxygen atoms in total. The van der Waals surface area contributed by atoms with Gasteiger partial charge in [-0.15, -0.1) is 11.3 Å². The van der Waals surface area contributed by atoms with Crippen LogP contribution in [0.25, 0.3) is 0 Å². The highest BCUT2D eigenvalue weighted by molar-refractivity contribution is 7.09. The molecule has 2 heterocycles. The fourth-order valence-electron chi connectivity index (χ4n) is 2.97. The molecule has 1 unspecified atom stereocenters. The van der Waals surface area contributed by atoms with Crippen molar-refractivity contribution in [1.29, 1.82) is 0 Å². The summed E-state index contributed by atoms with van der Waals surface area (Å²) in [5, 5.41) is 0. The fourth-order valence-corrected chi connectivity index (χ4v) is 3.78. The second-order valence-corrected chi connectivity index (χ2v) is 6.67. The van der Waals surface area contributed by atoms with Crippen molar-refractivity contribution >= 4 is 11.3 Å². The van der Waals surface area contributed by atoms with Crippen LogP contribution in [0.4, 0.5) is 8.78 Å². The molecule has 112 valence electrons. The van der Waals surface area contributed by atoms with Gasteiger partial charge in [-0.25, -0.2) is 13.8 Å². The van der Waals surface area contributed by atoms with Gasteiger partial charge in [0.2, 0.25) is 0 Å². The van der Waals surface area contributed by atoms with E-state index in [0.717, 1.165) is 49.8 Å². The monoisotopic (exact) mass is 308 g/mol. The average Bonchev–Trinajstić information content (AvgIpc) is 2.99. The molecule has 21 heavy (non-hydrogen) atoms. The minimum absolute atomic E-state index is 0.472. The second kappa shape index (κ2) is 6.20. The molecule has 0 amide bonds. The number of thiazole rings is 1. The van der Waals surface area contributed by atoms with E-state index >= 15 is 0 Å². The topological polar surface area (TPSA) is 16.1 Å². The standard InChI is InChI=1S/C16H18F2N2S/c1-11-16(21-10-19-11)9-20-3-2-12(8-20)4-13-5-14(17)7-15(18)6-13/h5-7,10,12H,2-4,8-9H2,1H3. The zero-order valence-corrected chi connectivity index (χ0v) is 12.8. The lowest BCUT2D eigenvalue weighted by Gasteiger charge is -2.15. The number of rotatable bonds is 4. The van der Waals surface area contributed by atoms with Gasteiger partial charge in [0.15, 0.2) is 0 Å². The Labute approximate surface area is 127 Å². The van der Waals surface area contributed by atoms with E-state index in [-0.39, 0.29) is 0 Å². The number of aryl methyl sites for hydroxylation is 1. The molecule has 3 rings (SSSR count). The molecule has 0 aliphatic carbocycles. The number of halogens is 2. The second-order valence-electron chi connectivity index (χ2n) is 5.73. The van der Waals surface area contributed by atoms with Gasteiger partial charge in [-0.2, -0.15) is 0 Å². The van der Waals surface area contributed by atoms with Gasteiger partial charge < -0.3 is 0 Å². The summed E-state index contributed by atoms with van der Waals surface area (Å²) in [4.78, 5) is 7.99. The summed E-state index contributed by atoms with van der Waals surface area (Å²) in [5.41, 5.74) is 3.75. The molecule has 1 aliphatic heterocycles. The van der Waals surface area contributed by atoms with Crippen molar-refractivity contribution in [2.24, 2.45) is 5.92 Å². The molecule has 0 N–H and O–H groups in total. The predicted octanol–water partition coefficient (Wildman–Crippen LogP) is 3.79. The third kappa shape index (κ3) is 3.66. The van der Waals surface area contributed by atoms with E-state index in [1.807, 2.05) is 12.4 Å². The number of hydrogen-bond acceptors (Lipinski definition) is 3. The first-order valence-electron chi connectivity index (χ1n) is 7.16. The van der Waals surface area contributed by atoms with Crippen LogP contribution in [0.2, 0.25) is 0 Å². The summed E-state index contributed by atoms with van der Waals surface area (Å²) in [5.74, 6) is -0.500. The van der Waals surface area contributed by atoms with Crippen LogP contribution in [0.5, 0.6) is 0 Å². The minimum atomic E-state index is -0.486. The highest BCUT2D eigenvalue weighted by Crippen LogP contribution is 2.25. The Bertz CT molecular complexity index is 606. The molecule has 0 saturated carbocycles. The van der Waals surface area contributed by atoms with Crippen LogP contribution in [0, 0.1) is 24.5 Å². The normalized spacial score (nSPS) is 19.3. The highest BCUT2D eigenvalue weighted by Gasteiger charge is 2.23. The van der Waals surface area contributed by atoms with Crippen molar-refractivity contribution < 1.29 is 8.78 Å². The van der Waals surface area contributed by atoms with Gasteiger partial charge in [-0.1, -0.05) is 0 Å². The Balaban J connectivity index is 1.58. The summed E-state index contributed by atoms with van der Waals surface area (Å²) < 4.78 is 26.4. The number of hydrogen-bond donors (Lipinski definition) is 0. The van der Waals surface area contributed by atoms with E-state index in [2.05, 4.69) is 9.88 Å². The van der Waals surface area contributed by atoms with Crippen molar-refractivity contribution in [3.63, 3.8) is 0 Å². The van der Waals surface area contributed by atoms with Crippen LogP contribution in [0.3, 0.4) is 0 Å². The molecular formula is C16H18F2N2S. The van der Waals surface area contributed by atoms with Crippen LogP contribution < -0.4 is 0 Å². The molecule has 1 fully saturated rings. The molecule has 2 aromatic rings. The zero-order valence-electron chi connectivity index (χ0n) is 12.0. The van der Waals surface area contributed by atoms with E-state index in [1.54, 1.807) is 11.3 Å². The predicted molar refractivity (Wildman–Crippen MR) is 80.3 cm³/mol. The third-order valence-corrected chi connectivity index (χ3v) is 4.95. The van der Waals surface area contributed by atoms with Crippen LogP contribution in [0.15, 0.2) is 23.7 Å². The Kier molecular flexibility index (Phi) is 4.31. The summed E-state index contributed by atoms with van der Waals surface area (Å²) >= 11 is 1.69. The largest absolute Gasteiger partial charge is 0.298 e. The van der Waals surface area contributed by atoms with Crippen LogP contribution in [0.1, 0.15) is 22.6 Å². The first-order chi connectivity index (χ1) is 10.1. The molecule has 1 saturated heterocycles. The van der Waals surface area contributed by atoms with Crippen molar-refractivity contribution in [3.05, 3.63) is 51.5 Å². The summed E-state index contributed by atoms with van der Waals surface area (Å²) in [7, 11) is 0. The molecule has 0 spiro atoms. The SMILES string of the molecule is Cc1ncsc1CN1CCC(Cc2cc(F)cc(F)c2)C1. The first kappa shape index (κ1) is 14.6. The summed E-state index contributed by atoms with van der Waals surface area (Å²) in [6.45, 7) is 4.99. The van der Waals surface area contributed by atoms with Crippen molar-refractivity contribution in [3.8, 4) is 0 Å². The van der Waals surface area contributed by atoms with Gasteiger partial charge in [0, 0.05) is 24.0 Å². The fraction of sp³-hybridized carbons (Fsp3) is 0.438. The maximum Gasteiger partial charge on any atom is 0.126 e. The van der Waals surface area contributed by atoms with E-state index in [9.17, 15) is 8.78 Å². The van der Waals surface area contributed by atoms with Gasteiger partial charge in [-0.05, 0) is 49.9 Å². The van der Waals surface area contributed by atoms with Gasteiger partial charge in [0.25, 0.3) is 0 Å². The van der Waals surface area contributed by atoms with Gasteiger partial charge in [0.05, 0.1) is 11.2 Å². The number of benzene rings is 1. The van der Waals surface area contributed by atoms with Crippen molar-refractivity contribution in [2.75, 3.05) is 13.1 Å². The first-order valence-corrected chi connectivity index (χ1v) is 8.04. The lowest BCUT2D eigenvalue weighted by atomic mass is 9.98. The number of nitrogens with zero attached hydrogens (tertiary/aromatic N) is 2. The summed E-state index contributed by atoms with van der Waals surface area (Å²) in [6, 6.07) is 3.81. The van der Waals surface area contributed by atoms with Crippen LogP contribution in [-0.2, 0) is 13.0 Å². The van der Waals surface area contributed by atoms with Gasteiger partial charge in [0.1, 0.15) is 11.6 Å². The maximum atomic E-state index is 13.2. The molecule has 1 aromatic heterocycles. The molecule has 0 bridgehead atoms. The molecule has 1 aromatic carbocycles. The Morgan fingerprint density at radius 1 is 1.29 bits per heavy atom. The van der Waals surface area contributed by atoms with E-state index in [1.165, 1.54) is 17.0 Å². The van der Waals surface area contributed by atoms with Crippen LogP contribution >= 0.6 is 11.3 Å². The van der Waals surface area contributed by atoms with Crippen molar-refractivity contribution in [2.45, 2.75) is 26.3 Å². The molecular weight excluding hydrogens is 290 g/mol. The molecule has 1 aliphatic rings. The highest BCUT2D eigenvalue weighted by atomic mass is 32.1. The number of likely N-dealkylation sites (tertiary alicyclic amines) is 1. The molecule has 5 heteroatoms. The zero-order chi connectivity index (χ0) is 14.8. The van der Waals surface area contributed by atoms with E-state index in [0.29, 0.717) is 5.92 Å². The Hall–Kier alpha value is -1.33. The van der Waals surface area contributed by atoms with Gasteiger partial charge >= 0.3 is 0 Å². The molecule has 0 radical (unpaired) electrons. The summed E-state index contributed by atoms with van der Waals surface area (Å²) in [6.07, 6.45) is 1.82. The maximum absolute atomic E-state index is 13.2. The Morgan fingerprint density at radius 2 is 2.05 bits per heavy atom. The third-order valence-electron chi connectivity index (χ3n) is 4.03. The van der Waals surface area contributed by atoms with Crippen molar-refractivity contribution in [1.82, 2.24) is 9.88 Å². The lowest BCUT2D eigenvalue weighted by Crippen LogP contribution is -2.20. The molecule has 1 atom stereocenters. The lowest BCUT2D eigenvalue weighted by molar-refractivity contribution is 0.318. The van der Waals surface area contributed by atoms with Gasteiger partial charge in [-0.3, -0.25) is 4.90 Å². The minimum Gasteiger partial charge on any atom is -0.298 e.